The summed E-state index contributed by atoms with van der Waals surface area (Å²) in [6.07, 6.45) is 2.12. The fraction of sp³-hybridized carbons (Fsp3) is 0.190. The van der Waals surface area contributed by atoms with Crippen molar-refractivity contribution in [1.29, 1.82) is 0 Å². The van der Waals surface area contributed by atoms with Gasteiger partial charge in [0.25, 0.3) is 5.91 Å². The maximum Gasteiger partial charge on any atom is 0.270 e. The minimum absolute atomic E-state index is 0.224. The highest BCUT2D eigenvalue weighted by Gasteiger charge is 2.08. The van der Waals surface area contributed by atoms with Gasteiger partial charge in [-0.2, -0.15) is 0 Å². The minimum atomic E-state index is -0.224. The molecule has 0 atom stereocenters. The summed E-state index contributed by atoms with van der Waals surface area (Å²) in [5, 5.41) is 6.08. The van der Waals surface area contributed by atoms with Crippen molar-refractivity contribution in [2.45, 2.75) is 13.3 Å². The molecule has 138 valence electrons. The van der Waals surface area contributed by atoms with Gasteiger partial charge in [-0.05, 0) is 48.7 Å². The quantitative estimate of drug-likeness (QED) is 0.673. The van der Waals surface area contributed by atoms with Gasteiger partial charge < -0.3 is 15.4 Å². The molecular weight excluding hydrogens is 340 g/mol. The van der Waals surface area contributed by atoms with E-state index in [0.29, 0.717) is 18.1 Å². The summed E-state index contributed by atoms with van der Waals surface area (Å²) in [4.78, 5) is 20.6. The fourth-order valence-corrected chi connectivity index (χ4v) is 2.62. The Labute approximate surface area is 158 Å². The standard InChI is InChI=1S/C21H22N4O2/c1-15-4-3-5-17(12-15)25-20-13-19(23-14-24-20)21(26)22-11-10-16-6-8-18(27-2)9-7-16/h3-9,12-14H,10-11H2,1-2H3,(H,22,26)(H,23,24,25). The highest BCUT2D eigenvalue weighted by atomic mass is 16.5. The molecule has 0 aliphatic rings. The third-order valence-electron chi connectivity index (χ3n) is 4.05. The number of amides is 1. The van der Waals surface area contributed by atoms with Gasteiger partial charge in [-0.15, -0.1) is 0 Å². The number of hydrogen-bond donors (Lipinski definition) is 2. The number of carbonyl (C=O) groups excluding carboxylic acids is 1. The van der Waals surface area contributed by atoms with Crippen LogP contribution in [0, 0.1) is 6.92 Å². The third kappa shape index (κ3) is 5.28. The molecule has 3 rings (SSSR count). The van der Waals surface area contributed by atoms with Crippen molar-refractivity contribution in [2.24, 2.45) is 0 Å². The van der Waals surface area contributed by atoms with Crippen molar-refractivity contribution < 1.29 is 9.53 Å². The predicted octanol–water partition coefficient (Wildman–Crippen LogP) is 3.51. The summed E-state index contributed by atoms with van der Waals surface area (Å²) < 4.78 is 5.14. The zero-order valence-electron chi connectivity index (χ0n) is 15.4. The average Bonchev–Trinajstić information content (AvgIpc) is 2.69. The van der Waals surface area contributed by atoms with Gasteiger partial charge in [0.2, 0.25) is 0 Å². The second-order valence-corrected chi connectivity index (χ2v) is 6.14. The molecule has 0 radical (unpaired) electrons. The summed E-state index contributed by atoms with van der Waals surface area (Å²) in [6.45, 7) is 2.54. The number of aromatic nitrogens is 2. The van der Waals surface area contributed by atoms with E-state index in [1.54, 1.807) is 13.2 Å². The normalized spacial score (nSPS) is 10.3. The molecule has 27 heavy (non-hydrogen) atoms. The van der Waals surface area contributed by atoms with E-state index in [1.165, 1.54) is 6.33 Å². The molecule has 0 spiro atoms. The van der Waals surface area contributed by atoms with E-state index >= 15 is 0 Å². The molecule has 1 aromatic heterocycles. The van der Waals surface area contributed by atoms with Gasteiger partial charge in [0, 0.05) is 18.3 Å². The van der Waals surface area contributed by atoms with Gasteiger partial charge >= 0.3 is 0 Å². The van der Waals surface area contributed by atoms with Crippen molar-refractivity contribution in [1.82, 2.24) is 15.3 Å². The molecular formula is C21H22N4O2. The molecule has 0 saturated carbocycles. The van der Waals surface area contributed by atoms with Crippen LogP contribution in [0.2, 0.25) is 0 Å². The first-order chi connectivity index (χ1) is 13.1. The number of nitrogens with zero attached hydrogens (tertiary/aromatic N) is 2. The van der Waals surface area contributed by atoms with Crippen molar-refractivity contribution in [3.63, 3.8) is 0 Å². The zero-order chi connectivity index (χ0) is 19.1. The van der Waals surface area contributed by atoms with Crippen LogP contribution in [0.5, 0.6) is 5.75 Å². The summed E-state index contributed by atoms with van der Waals surface area (Å²) in [6, 6.07) is 17.4. The zero-order valence-corrected chi connectivity index (χ0v) is 15.4. The largest absolute Gasteiger partial charge is 0.497 e. The lowest BCUT2D eigenvalue weighted by atomic mass is 10.1. The van der Waals surface area contributed by atoms with E-state index in [2.05, 4.69) is 20.6 Å². The molecule has 0 saturated heterocycles. The van der Waals surface area contributed by atoms with Crippen molar-refractivity contribution in [3.8, 4) is 5.75 Å². The van der Waals surface area contributed by atoms with Gasteiger partial charge in [0.05, 0.1) is 7.11 Å². The molecule has 0 unspecified atom stereocenters. The lowest BCUT2D eigenvalue weighted by molar-refractivity contribution is 0.0949. The van der Waals surface area contributed by atoms with Crippen molar-refractivity contribution in [3.05, 3.63) is 77.7 Å². The van der Waals surface area contributed by atoms with Crippen LogP contribution >= 0.6 is 0 Å². The number of ether oxygens (including phenoxy) is 1. The van der Waals surface area contributed by atoms with Gasteiger partial charge in [-0.1, -0.05) is 24.3 Å². The molecule has 6 heteroatoms. The Morgan fingerprint density at radius 1 is 1.07 bits per heavy atom. The smallest absolute Gasteiger partial charge is 0.270 e. The maximum atomic E-state index is 12.3. The van der Waals surface area contributed by atoms with E-state index in [1.807, 2.05) is 55.5 Å². The molecule has 6 nitrogen and oxygen atoms in total. The third-order valence-corrected chi connectivity index (χ3v) is 4.05. The maximum absolute atomic E-state index is 12.3. The molecule has 0 aliphatic heterocycles. The van der Waals surface area contributed by atoms with Crippen LogP contribution in [-0.4, -0.2) is 29.5 Å². The van der Waals surface area contributed by atoms with Crippen LogP contribution < -0.4 is 15.4 Å². The summed E-state index contributed by atoms with van der Waals surface area (Å²) in [5.74, 6) is 1.17. The first-order valence-corrected chi connectivity index (χ1v) is 8.71. The second kappa shape index (κ2) is 8.80. The Morgan fingerprint density at radius 3 is 2.63 bits per heavy atom. The summed E-state index contributed by atoms with van der Waals surface area (Å²) in [5.41, 5.74) is 3.51. The number of anilines is 2. The molecule has 3 aromatic rings. The van der Waals surface area contributed by atoms with E-state index in [9.17, 15) is 4.79 Å². The highest BCUT2D eigenvalue weighted by Crippen LogP contribution is 2.16. The fourth-order valence-electron chi connectivity index (χ4n) is 2.62. The van der Waals surface area contributed by atoms with E-state index in [0.717, 1.165) is 29.0 Å². The molecule has 0 aliphatic carbocycles. The number of aryl methyl sites for hydroxylation is 1. The number of hydrogen-bond acceptors (Lipinski definition) is 5. The Morgan fingerprint density at radius 2 is 1.89 bits per heavy atom. The molecule has 1 heterocycles. The average molecular weight is 362 g/mol. The van der Waals surface area contributed by atoms with Crippen LogP contribution in [0.25, 0.3) is 0 Å². The Kier molecular flexibility index (Phi) is 5.99. The second-order valence-electron chi connectivity index (χ2n) is 6.14. The summed E-state index contributed by atoms with van der Waals surface area (Å²) in [7, 11) is 1.64. The Bertz CT molecular complexity index is 910. The minimum Gasteiger partial charge on any atom is -0.497 e. The Hall–Kier alpha value is -3.41. The SMILES string of the molecule is COc1ccc(CCNC(=O)c2cc(Nc3cccc(C)c3)ncn2)cc1. The summed E-state index contributed by atoms with van der Waals surface area (Å²) >= 11 is 0. The van der Waals surface area contributed by atoms with Crippen LogP contribution in [-0.2, 0) is 6.42 Å². The predicted molar refractivity (Wildman–Crippen MR) is 106 cm³/mol. The van der Waals surface area contributed by atoms with Gasteiger partial charge in [-0.3, -0.25) is 4.79 Å². The van der Waals surface area contributed by atoms with Crippen molar-refractivity contribution >= 4 is 17.4 Å². The monoisotopic (exact) mass is 362 g/mol. The van der Waals surface area contributed by atoms with E-state index in [4.69, 9.17) is 4.74 Å². The topological polar surface area (TPSA) is 76.1 Å². The van der Waals surface area contributed by atoms with Crippen LogP contribution in [0.1, 0.15) is 21.6 Å². The molecule has 2 N–H and O–H groups in total. The number of nitrogens with one attached hydrogen (secondary N) is 2. The van der Waals surface area contributed by atoms with Crippen molar-refractivity contribution in [2.75, 3.05) is 19.0 Å². The number of benzene rings is 2. The number of methoxy groups -OCH3 is 1. The molecule has 1 amide bonds. The molecule has 2 aromatic carbocycles. The lowest BCUT2D eigenvalue weighted by Gasteiger charge is -2.08. The van der Waals surface area contributed by atoms with E-state index in [-0.39, 0.29) is 5.91 Å². The number of rotatable bonds is 7. The molecule has 0 bridgehead atoms. The van der Waals surface area contributed by atoms with E-state index < -0.39 is 0 Å². The highest BCUT2D eigenvalue weighted by molar-refractivity contribution is 5.92. The van der Waals surface area contributed by atoms with Crippen LogP contribution in [0.3, 0.4) is 0 Å². The molecule has 0 fully saturated rings. The Balaban J connectivity index is 1.56. The van der Waals surface area contributed by atoms with Gasteiger partial charge in [0.15, 0.2) is 0 Å². The first kappa shape index (κ1) is 18.4. The lowest BCUT2D eigenvalue weighted by Crippen LogP contribution is -2.26. The number of carbonyl (C=O) groups is 1. The first-order valence-electron chi connectivity index (χ1n) is 8.71. The van der Waals surface area contributed by atoms with Gasteiger partial charge in [0.1, 0.15) is 23.6 Å². The van der Waals surface area contributed by atoms with Crippen LogP contribution in [0.4, 0.5) is 11.5 Å². The van der Waals surface area contributed by atoms with Gasteiger partial charge in [-0.25, -0.2) is 9.97 Å². The van der Waals surface area contributed by atoms with Crippen LogP contribution in [0.15, 0.2) is 60.9 Å².